The van der Waals surface area contributed by atoms with Crippen molar-refractivity contribution in [2.75, 3.05) is 12.0 Å². The molecule has 0 fully saturated rings. The van der Waals surface area contributed by atoms with Crippen LogP contribution in [0.15, 0.2) is 39.9 Å². The Morgan fingerprint density at radius 1 is 1.35 bits per heavy atom. The van der Waals surface area contributed by atoms with Crippen molar-refractivity contribution in [3.63, 3.8) is 0 Å². The summed E-state index contributed by atoms with van der Waals surface area (Å²) in [5.74, 6) is 0.841. The van der Waals surface area contributed by atoms with Crippen LogP contribution in [0.2, 0.25) is 0 Å². The summed E-state index contributed by atoms with van der Waals surface area (Å²) < 4.78 is 30.3. The summed E-state index contributed by atoms with van der Waals surface area (Å²) >= 11 is 0. The Bertz CT molecular complexity index is 866. The van der Waals surface area contributed by atoms with Crippen LogP contribution in [0.3, 0.4) is 0 Å². The summed E-state index contributed by atoms with van der Waals surface area (Å²) in [6, 6.07) is 6.66. The molecule has 0 radical (unpaired) electrons. The highest BCUT2D eigenvalue weighted by Gasteiger charge is 2.18. The normalized spacial score (nSPS) is 12.1. The van der Waals surface area contributed by atoms with Crippen molar-refractivity contribution in [3.05, 3.63) is 36.2 Å². The second-order valence-corrected chi connectivity index (χ2v) is 6.42. The summed E-state index contributed by atoms with van der Waals surface area (Å²) in [6.45, 7) is 0.343. The SMILES string of the molecule is CS(=O)(=O)c1cccc2c1nc(N)n2Cc1ccno1. The first kappa shape index (κ1) is 12.7. The summed E-state index contributed by atoms with van der Waals surface area (Å²) in [5.41, 5.74) is 6.89. The molecule has 3 rings (SSSR count). The minimum atomic E-state index is -3.36. The molecule has 0 amide bonds. The zero-order valence-corrected chi connectivity index (χ0v) is 11.5. The van der Waals surface area contributed by atoms with E-state index in [4.69, 9.17) is 10.3 Å². The molecule has 104 valence electrons. The van der Waals surface area contributed by atoms with Crippen LogP contribution in [-0.4, -0.2) is 29.4 Å². The number of imidazole rings is 1. The number of nitrogens with zero attached hydrogens (tertiary/aromatic N) is 3. The number of para-hydroxylation sites is 1. The van der Waals surface area contributed by atoms with Crippen LogP contribution in [0.1, 0.15) is 5.76 Å². The average molecular weight is 292 g/mol. The molecular weight excluding hydrogens is 280 g/mol. The van der Waals surface area contributed by atoms with Gasteiger partial charge >= 0.3 is 0 Å². The third kappa shape index (κ3) is 2.03. The molecule has 8 heteroatoms. The summed E-state index contributed by atoms with van der Waals surface area (Å²) in [6.07, 6.45) is 2.68. The molecule has 0 aliphatic rings. The van der Waals surface area contributed by atoms with E-state index in [9.17, 15) is 8.42 Å². The second kappa shape index (κ2) is 4.34. The molecular formula is C12H12N4O3S. The first-order valence-corrected chi connectivity index (χ1v) is 7.70. The van der Waals surface area contributed by atoms with Gasteiger partial charge in [0.15, 0.2) is 15.6 Å². The molecule has 2 N–H and O–H groups in total. The molecule has 3 aromatic rings. The molecule has 0 aliphatic carbocycles. The van der Waals surface area contributed by atoms with Crippen LogP contribution < -0.4 is 5.73 Å². The van der Waals surface area contributed by atoms with Gasteiger partial charge in [0.2, 0.25) is 5.95 Å². The molecule has 0 atom stereocenters. The Hall–Kier alpha value is -2.35. The van der Waals surface area contributed by atoms with Gasteiger partial charge in [-0.05, 0) is 12.1 Å². The monoisotopic (exact) mass is 292 g/mol. The number of hydrogen-bond donors (Lipinski definition) is 1. The van der Waals surface area contributed by atoms with E-state index >= 15 is 0 Å². The van der Waals surface area contributed by atoms with Crippen LogP contribution in [0.25, 0.3) is 11.0 Å². The van der Waals surface area contributed by atoms with Gasteiger partial charge in [0, 0.05) is 12.3 Å². The van der Waals surface area contributed by atoms with Crippen LogP contribution >= 0.6 is 0 Å². The lowest BCUT2D eigenvalue weighted by Crippen LogP contribution is -2.03. The smallest absolute Gasteiger partial charge is 0.201 e. The van der Waals surface area contributed by atoms with E-state index in [0.717, 1.165) is 6.26 Å². The number of sulfone groups is 1. The Labute approximate surface area is 114 Å². The van der Waals surface area contributed by atoms with Gasteiger partial charge in [-0.1, -0.05) is 11.2 Å². The summed E-state index contributed by atoms with van der Waals surface area (Å²) in [5, 5.41) is 3.62. The molecule has 20 heavy (non-hydrogen) atoms. The Morgan fingerprint density at radius 3 is 2.80 bits per heavy atom. The fraction of sp³-hybridized carbons (Fsp3) is 0.167. The number of anilines is 1. The predicted molar refractivity (Wildman–Crippen MR) is 72.9 cm³/mol. The van der Waals surface area contributed by atoms with Gasteiger partial charge in [0.1, 0.15) is 5.52 Å². The molecule has 0 spiro atoms. The van der Waals surface area contributed by atoms with Crippen LogP contribution in [-0.2, 0) is 16.4 Å². The van der Waals surface area contributed by atoms with Crippen molar-refractivity contribution >= 4 is 26.8 Å². The maximum absolute atomic E-state index is 11.8. The molecule has 0 saturated carbocycles. The average Bonchev–Trinajstić information content (AvgIpc) is 2.97. The fourth-order valence-electron chi connectivity index (χ4n) is 2.08. The number of benzene rings is 1. The molecule has 2 aromatic heterocycles. The standard InChI is InChI=1S/C12H12N4O3S/c1-20(17,18)10-4-2-3-9-11(10)15-12(13)16(9)7-8-5-6-14-19-8/h2-6H,7H2,1H3,(H2,13,15). The fourth-order valence-corrected chi connectivity index (χ4v) is 2.91. The lowest BCUT2D eigenvalue weighted by molar-refractivity contribution is 0.378. The van der Waals surface area contributed by atoms with Gasteiger partial charge in [-0.25, -0.2) is 13.4 Å². The third-order valence-electron chi connectivity index (χ3n) is 2.98. The number of aromatic nitrogens is 3. The molecule has 2 heterocycles. The van der Waals surface area contributed by atoms with Crippen molar-refractivity contribution < 1.29 is 12.9 Å². The maximum Gasteiger partial charge on any atom is 0.201 e. The van der Waals surface area contributed by atoms with Crippen LogP contribution in [0.5, 0.6) is 0 Å². The summed E-state index contributed by atoms with van der Waals surface area (Å²) in [4.78, 5) is 4.32. The van der Waals surface area contributed by atoms with Crippen molar-refractivity contribution in [3.8, 4) is 0 Å². The van der Waals surface area contributed by atoms with Gasteiger partial charge < -0.3 is 14.8 Å². The molecule has 1 aromatic carbocycles. The van der Waals surface area contributed by atoms with Crippen LogP contribution in [0.4, 0.5) is 5.95 Å². The van der Waals surface area contributed by atoms with E-state index in [1.807, 2.05) is 0 Å². The zero-order valence-electron chi connectivity index (χ0n) is 10.6. The number of nitrogens with two attached hydrogens (primary N) is 1. The maximum atomic E-state index is 11.8. The minimum absolute atomic E-state index is 0.165. The Kier molecular flexibility index (Phi) is 2.75. The van der Waals surface area contributed by atoms with Crippen molar-refractivity contribution in [1.29, 1.82) is 0 Å². The molecule has 0 aliphatic heterocycles. The molecule has 0 bridgehead atoms. The highest BCUT2D eigenvalue weighted by Crippen LogP contribution is 2.25. The first-order chi connectivity index (χ1) is 9.47. The van der Waals surface area contributed by atoms with Gasteiger partial charge in [-0.2, -0.15) is 0 Å². The largest absolute Gasteiger partial charge is 0.369 e. The quantitative estimate of drug-likeness (QED) is 0.774. The van der Waals surface area contributed by atoms with Gasteiger partial charge in [-0.15, -0.1) is 0 Å². The van der Waals surface area contributed by atoms with Crippen molar-refractivity contribution in [2.45, 2.75) is 11.4 Å². The van der Waals surface area contributed by atoms with E-state index in [-0.39, 0.29) is 10.8 Å². The van der Waals surface area contributed by atoms with Crippen molar-refractivity contribution in [2.24, 2.45) is 0 Å². The van der Waals surface area contributed by atoms with E-state index in [1.54, 1.807) is 22.8 Å². The number of fused-ring (bicyclic) bond motifs is 1. The number of nitrogen functional groups attached to an aromatic ring is 1. The van der Waals surface area contributed by atoms with E-state index in [1.165, 1.54) is 12.3 Å². The topological polar surface area (TPSA) is 104 Å². The molecule has 7 nitrogen and oxygen atoms in total. The van der Waals surface area contributed by atoms with E-state index in [0.29, 0.717) is 23.3 Å². The van der Waals surface area contributed by atoms with Crippen molar-refractivity contribution in [1.82, 2.24) is 14.7 Å². The highest BCUT2D eigenvalue weighted by atomic mass is 32.2. The minimum Gasteiger partial charge on any atom is -0.369 e. The second-order valence-electron chi connectivity index (χ2n) is 4.43. The van der Waals surface area contributed by atoms with E-state index in [2.05, 4.69) is 10.1 Å². The van der Waals surface area contributed by atoms with Gasteiger partial charge in [-0.3, -0.25) is 0 Å². The Morgan fingerprint density at radius 2 is 2.15 bits per heavy atom. The van der Waals surface area contributed by atoms with E-state index < -0.39 is 9.84 Å². The number of hydrogen-bond acceptors (Lipinski definition) is 6. The zero-order chi connectivity index (χ0) is 14.3. The Balaban J connectivity index is 2.22. The van der Waals surface area contributed by atoms with Gasteiger partial charge in [0.05, 0.1) is 23.2 Å². The molecule has 0 unspecified atom stereocenters. The third-order valence-corrected chi connectivity index (χ3v) is 4.10. The summed E-state index contributed by atoms with van der Waals surface area (Å²) in [7, 11) is -3.36. The highest BCUT2D eigenvalue weighted by molar-refractivity contribution is 7.91. The van der Waals surface area contributed by atoms with Crippen LogP contribution in [0, 0.1) is 0 Å². The molecule has 0 saturated heterocycles. The predicted octanol–water partition coefficient (Wildman–Crippen LogP) is 1.06. The van der Waals surface area contributed by atoms with Gasteiger partial charge in [0.25, 0.3) is 0 Å². The number of rotatable bonds is 3. The lowest BCUT2D eigenvalue weighted by Gasteiger charge is -2.04. The lowest BCUT2D eigenvalue weighted by atomic mass is 10.3. The first-order valence-electron chi connectivity index (χ1n) is 5.81.